The number of benzene rings is 1. The normalized spacial score (nSPS) is 12.4. The van der Waals surface area contributed by atoms with Crippen molar-refractivity contribution in [2.75, 3.05) is 12.3 Å². The molecule has 0 fully saturated rings. The molecule has 0 saturated carbocycles. The average Bonchev–Trinajstić information content (AvgIpc) is 2.98. The zero-order valence-electron chi connectivity index (χ0n) is 15.2. The third-order valence-corrected chi connectivity index (χ3v) is 4.26. The van der Waals surface area contributed by atoms with Crippen LogP contribution in [0.15, 0.2) is 36.4 Å². The van der Waals surface area contributed by atoms with E-state index in [0.717, 1.165) is 30.6 Å². The second-order valence-corrected chi connectivity index (χ2v) is 6.11. The van der Waals surface area contributed by atoms with Gasteiger partial charge in [-0.25, -0.2) is 4.68 Å². The fourth-order valence-electron chi connectivity index (χ4n) is 2.46. The first kappa shape index (κ1) is 24.2. The van der Waals surface area contributed by atoms with Gasteiger partial charge in [0.1, 0.15) is 5.82 Å². The van der Waals surface area contributed by atoms with Crippen LogP contribution in [-0.2, 0) is 11.2 Å². The van der Waals surface area contributed by atoms with E-state index in [-0.39, 0.29) is 36.6 Å². The predicted octanol–water partition coefficient (Wildman–Crippen LogP) is 2.72. The Morgan fingerprint density at radius 1 is 1.27 bits per heavy atom. The molecule has 2 atom stereocenters. The van der Waals surface area contributed by atoms with Crippen LogP contribution in [0.3, 0.4) is 0 Å². The average molecular weight is 402 g/mol. The Bertz CT molecular complexity index is 663. The fraction of sp³-hybridized carbons (Fsp3) is 0.444. The van der Waals surface area contributed by atoms with Gasteiger partial charge in [-0.05, 0) is 30.9 Å². The quantitative estimate of drug-likeness (QED) is 0.592. The van der Waals surface area contributed by atoms with Crippen molar-refractivity contribution >= 4 is 36.5 Å². The second-order valence-electron chi connectivity index (χ2n) is 6.11. The van der Waals surface area contributed by atoms with Gasteiger partial charge in [0.05, 0.1) is 17.4 Å². The van der Waals surface area contributed by atoms with Gasteiger partial charge >= 0.3 is 0 Å². The van der Waals surface area contributed by atoms with Crippen molar-refractivity contribution in [3.63, 3.8) is 0 Å². The SMILES string of the molecule is CCC(C)C(N)C(=O)NCCCc1cc(N)n(-c2ccccc2)n1.Cl.Cl. The van der Waals surface area contributed by atoms with Crippen molar-refractivity contribution in [2.24, 2.45) is 11.7 Å². The number of nitrogens with zero attached hydrogens (tertiary/aromatic N) is 2. The van der Waals surface area contributed by atoms with Gasteiger partial charge in [-0.1, -0.05) is 38.5 Å². The summed E-state index contributed by atoms with van der Waals surface area (Å²) in [7, 11) is 0. The van der Waals surface area contributed by atoms with E-state index in [9.17, 15) is 4.79 Å². The number of nitrogens with two attached hydrogens (primary N) is 2. The van der Waals surface area contributed by atoms with Crippen LogP contribution in [0.1, 0.15) is 32.4 Å². The molecule has 2 aromatic rings. The lowest BCUT2D eigenvalue weighted by Gasteiger charge is -2.17. The molecule has 0 aliphatic heterocycles. The third kappa shape index (κ3) is 6.52. The van der Waals surface area contributed by atoms with Crippen LogP contribution in [0.5, 0.6) is 0 Å². The van der Waals surface area contributed by atoms with Crippen LogP contribution in [0, 0.1) is 5.92 Å². The molecule has 2 unspecified atom stereocenters. The summed E-state index contributed by atoms with van der Waals surface area (Å²) >= 11 is 0. The van der Waals surface area contributed by atoms with Crippen LogP contribution >= 0.6 is 24.8 Å². The molecule has 1 aromatic heterocycles. The number of aromatic nitrogens is 2. The van der Waals surface area contributed by atoms with Crippen LogP contribution in [0.25, 0.3) is 5.69 Å². The molecular weight excluding hydrogens is 373 g/mol. The van der Waals surface area contributed by atoms with Gasteiger partial charge < -0.3 is 16.8 Å². The number of carbonyl (C=O) groups excluding carboxylic acids is 1. The monoisotopic (exact) mass is 401 g/mol. The number of hydrogen-bond donors (Lipinski definition) is 3. The summed E-state index contributed by atoms with van der Waals surface area (Å²) in [5.74, 6) is 0.712. The van der Waals surface area contributed by atoms with E-state index in [1.807, 2.05) is 50.2 Å². The number of para-hydroxylation sites is 1. The summed E-state index contributed by atoms with van der Waals surface area (Å²) in [6, 6.07) is 11.2. The minimum absolute atomic E-state index is 0. The van der Waals surface area contributed by atoms with Crippen molar-refractivity contribution in [3.05, 3.63) is 42.1 Å². The molecule has 0 radical (unpaired) electrons. The highest BCUT2D eigenvalue weighted by atomic mass is 35.5. The largest absolute Gasteiger partial charge is 0.384 e. The summed E-state index contributed by atoms with van der Waals surface area (Å²) in [6.07, 6.45) is 2.44. The van der Waals surface area contributed by atoms with Gasteiger partial charge in [-0.3, -0.25) is 4.79 Å². The summed E-state index contributed by atoms with van der Waals surface area (Å²) < 4.78 is 1.73. The lowest BCUT2D eigenvalue weighted by Crippen LogP contribution is -2.44. The highest BCUT2D eigenvalue weighted by Crippen LogP contribution is 2.15. The van der Waals surface area contributed by atoms with E-state index in [1.165, 1.54) is 0 Å². The van der Waals surface area contributed by atoms with Crippen LogP contribution < -0.4 is 16.8 Å². The van der Waals surface area contributed by atoms with E-state index < -0.39 is 6.04 Å². The van der Waals surface area contributed by atoms with Gasteiger partial charge in [0.15, 0.2) is 0 Å². The van der Waals surface area contributed by atoms with Crippen molar-refractivity contribution in [1.29, 1.82) is 0 Å². The standard InChI is InChI=1S/C18H27N5O.2ClH/c1-3-13(2)17(20)18(24)21-11-7-8-14-12-16(19)23(22-14)15-9-5-4-6-10-15;;/h4-6,9-10,12-13,17H,3,7-8,11,19-20H2,1-2H3,(H,21,24);2*1H. The number of nitrogens with one attached hydrogen (secondary N) is 1. The molecule has 146 valence electrons. The first-order valence-electron chi connectivity index (χ1n) is 8.46. The number of rotatable bonds is 8. The molecule has 2 rings (SSSR count). The van der Waals surface area contributed by atoms with Gasteiger partial charge in [0.2, 0.25) is 5.91 Å². The van der Waals surface area contributed by atoms with Crippen molar-refractivity contribution < 1.29 is 4.79 Å². The smallest absolute Gasteiger partial charge is 0.237 e. The lowest BCUT2D eigenvalue weighted by molar-refractivity contribution is -0.123. The van der Waals surface area contributed by atoms with Gasteiger partial charge in [0, 0.05) is 12.6 Å². The maximum atomic E-state index is 11.9. The summed E-state index contributed by atoms with van der Waals surface area (Å²) in [4.78, 5) is 11.9. The Morgan fingerprint density at radius 3 is 2.54 bits per heavy atom. The minimum atomic E-state index is -0.442. The van der Waals surface area contributed by atoms with E-state index in [4.69, 9.17) is 11.5 Å². The van der Waals surface area contributed by atoms with Gasteiger partial charge in [0.25, 0.3) is 0 Å². The first-order valence-corrected chi connectivity index (χ1v) is 8.46. The molecule has 0 aliphatic carbocycles. The molecule has 0 bridgehead atoms. The maximum Gasteiger partial charge on any atom is 0.237 e. The molecule has 0 aliphatic rings. The highest BCUT2D eigenvalue weighted by Gasteiger charge is 2.18. The topological polar surface area (TPSA) is 99.0 Å². The maximum absolute atomic E-state index is 11.9. The number of nitrogen functional groups attached to an aromatic ring is 1. The second kappa shape index (κ2) is 11.8. The molecule has 0 saturated heterocycles. The number of amides is 1. The van der Waals surface area contributed by atoms with Gasteiger partial charge in [-0.15, -0.1) is 24.8 Å². The summed E-state index contributed by atoms with van der Waals surface area (Å²) in [5, 5.41) is 7.42. The summed E-state index contributed by atoms with van der Waals surface area (Å²) in [6.45, 7) is 4.61. The van der Waals surface area contributed by atoms with E-state index in [0.29, 0.717) is 12.4 Å². The Morgan fingerprint density at radius 2 is 1.92 bits per heavy atom. The number of hydrogen-bond acceptors (Lipinski definition) is 4. The highest BCUT2D eigenvalue weighted by molar-refractivity contribution is 5.85. The molecule has 0 spiro atoms. The van der Waals surface area contributed by atoms with Crippen molar-refractivity contribution in [3.8, 4) is 5.69 Å². The fourth-order valence-corrected chi connectivity index (χ4v) is 2.46. The Balaban J connectivity index is 0.00000312. The molecule has 1 amide bonds. The Kier molecular flexibility index (Phi) is 11.0. The van der Waals surface area contributed by atoms with Gasteiger partial charge in [-0.2, -0.15) is 5.10 Å². The zero-order valence-corrected chi connectivity index (χ0v) is 16.9. The van der Waals surface area contributed by atoms with E-state index in [1.54, 1.807) is 4.68 Å². The minimum Gasteiger partial charge on any atom is -0.384 e. The van der Waals surface area contributed by atoms with Crippen LogP contribution in [0.2, 0.25) is 0 Å². The van der Waals surface area contributed by atoms with Crippen LogP contribution in [0.4, 0.5) is 5.82 Å². The molecule has 26 heavy (non-hydrogen) atoms. The van der Waals surface area contributed by atoms with Crippen molar-refractivity contribution in [2.45, 2.75) is 39.2 Å². The third-order valence-electron chi connectivity index (χ3n) is 4.26. The predicted molar refractivity (Wildman–Crippen MR) is 111 cm³/mol. The molecule has 6 nitrogen and oxygen atoms in total. The molecule has 8 heteroatoms. The molecular formula is C18H29Cl2N5O. The summed E-state index contributed by atoms with van der Waals surface area (Å²) in [5.41, 5.74) is 13.8. The first-order chi connectivity index (χ1) is 11.5. The molecule has 5 N–H and O–H groups in total. The van der Waals surface area contributed by atoms with E-state index >= 15 is 0 Å². The molecule has 1 heterocycles. The van der Waals surface area contributed by atoms with Crippen molar-refractivity contribution in [1.82, 2.24) is 15.1 Å². The number of aryl methyl sites for hydroxylation is 1. The number of anilines is 1. The van der Waals surface area contributed by atoms with Crippen LogP contribution in [-0.4, -0.2) is 28.3 Å². The Labute approximate surface area is 167 Å². The zero-order chi connectivity index (χ0) is 17.5. The lowest BCUT2D eigenvalue weighted by atomic mass is 9.99. The Hall–Kier alpha value is -1.76. The number of halogens is 2. The van der Waals surface area contributed by atoms with E-state index in [2.05, 4.69) is 10.4 Å². The number of carbonyl (C=O) groups is 1. The molecule has 1 aromatic carbocycles.